The molecule has 0 radical (unpaired) electrons. The number of esters is 1. The van der Waals surface area contributed by atoms with Crippen LogP contribution in [0.3, 0.4) is 0 Å². The summed E-state index contributed by atoms with van der Waals surface area (Å²) in [4.78, 5) is 19.1. The van der Waals surface area contributed by atoms with Crippen LogP contribution in [0.4, 0.5) is 13.2 Å². The van der Waals surface area contributed by atoms with Crippen LogP contribution in [0.2, 0.25) is 0 Å². The molecule has 208 valence electrons. The van der Waals surface area contributed by atoms with Crippen molar-refractivity contribution in [2.75, 3.05) is 20.2 Å². The minimum atomic E-state index is -4.52. The minimum Gasteiger partial charge on any atom is -0.456 e. The van der Waals surface area contributed by atoms with E-state index in [1.165, 1.54) is 49.5 Å². The Balaban J connectivity index is 1.41. The van der Waals surface area contributed by atoms with Gasteiger partial charge in [-0.1, -0.05) is 37.3 Å². The van der Waals surface area contributed by atoms with Crippen LogP contribution in [0.1, 0.15) is 22.8 Å². The Hall–Kier alpha value is -3.11. The Morgan fingerprint density at radius 2 is 1.87 bits per heavy atom. The molecule has 2 aromatic rings. The van der Waals surface area contributed by atoms with Gasteiger partial charge in [0.25, 0.3) is 0 Å². The normalized spacial score (nSPS) is 30.2. The highest BCUT2D eigenvalue weighted by molar-refractivity contribution is 14.1. The SMILES string of the molecule is C/N=C1\NC2[C@H](CO)N/C(=N/I)N3C[C@H](OC(=O)c4ccc(-c5ccccc5C(F)(F)F)cc4)C(C)C23N1O. The van der Waals surface area contributed by atoms with E-state index < -0.39 is 47.5 Å². The zero-order chi connectivity index (χ0) is 28.1. The van der Waals surface area contributed by atoms with Gasteiger partial charge in [-0.2, -0.15) is 21.4 Å². The number of carbonyl (C=O) groups is 1. The molecule has 1 spiro atoms. The summed E-state index contributed by atoms with van der Waals surface area (Å²) in [5.41, 5.74) is -1.42. The molecule has 5 atom stereocenters. The predicted molar refractivity (Wildman–Crippen MR) is 144 cm³/mol. The number of aliphatic hydroxyl groups is 1. The fourth-order valence-electron chi connectivity index (χ4n) is 5.84. The summed E-state index contributed by atoms with van der Waals surface area (Å²) in [6.07, 6.45) is -5.22. The number of hydrogen-bond donors (Lipinski definition) is 4. The van der Waals surface area contributed by atoms with Crippen LogP contribution in [-0.2, 0) is 10.9 Å². The molecule has 5 rings (SSSR count). The Labute approximate surface area is 236 Å². The van der Waals surface area contributed by atoms with Crippen molar-refractivity contribution in [3.8, 4) is 11.1 Å². The lowest BCUT2D eigenvalue weighted by molar-refractivity contribution is -0.169. The third-order valence-corrected chi connectivity index (χ3v) is 8.15. The van der Waals surface area contributed by atoms with Gasteiger partial charge in [0.1, 0.15) is 6.10 Å². The fourth-order valence-corrected chi connectivity index (χ4v) is 6.24. The van der Waals surface area contributed by atoms with E-state index in [0.717, 1.165) is 11.1 Å². The van der Waals surface area contributed by atoms with Gasteiger partial charge in [-0.3, -0.25) is 10.2 Å². The van der Waals surface area contributed by atoms with Crippen molar-refractivity contribution in [3.05, 3.63) is 59.7 Å². The number of guanidine groups is 2. The molecule has 0 aromatic heterocycles. The van der Waals surface area contributed by atoms with E-state index in [1.807, 2.05) is 29.8 Å². The zero-order valence-corrected chi connectivity index (χ0v) is 23.0. The van der Waals surface area contributed by atoms with Crippen LogP contribution in [-0.4, -0.2) is 82.2 Å². The Bertz CT molecular complexity index is 1320. The number of benzene rings is 2. The predicted octanol–water partition coefficient (Wildman–Crippen LogP) is 2.86. The van der Waals surface area contributed by atoms with Gasteiger partial charge >= 0.3 is 12.1 Å². The van der Waals surface area contributed by atoms with E-state index in [1.54, 1.807) is 4.90 Å². The summed E-state index contributed by atoms with van der Waals surface area (Å²) in [6.45, 7) is 1.76. The number of aliphatic imine (C=N–C) groups is 1. The molecule has 3 fully saturated rings. The number of alkyl halides is 3. The molecule has 3 aliphatic heterocycles. The summed E-state index contributed by atoms with van der Waals surface area (Å²) in [5.74, 6) is -0.532. The maximum absolute atomic E-state index is 13.5. The molecule has 0 aliphatic carbocycles. The fraction of sp³-hybridized carbons (Fsp3) is 0.400. The van der Waals surface area contributed by atoms with E-state index in [2.05, 4.69) is 18.8 Å². The molecular weight excluding hydrogens is 632 g/mol. The summed E-state index contributed by atoms with van der Waals surface area (Å²) in [7, 11) is 1.52. The third kappa shape index (κ3) is 4.28. The lowest BCUT2D eigenvalue weighted by Crippen LogP contribution is -2.76. The molecule has 0 bridgehead atoms. The van der Waals surface area contributed by atoms with E-state index in [-0.39, 0.29) is 30.2 Å². The summed E-state index contributed by atoms with van der Waals surface area (Å²) < 4.78 is 50.5. The zero-order valence-electron chi connectivity index (χ0n) is 20.9. The van der Waals surface area contributed by atoms with Gasteiger partial charge in [0.05, 0.1) is 59.2 Å². The number of nitrogens with one attached hydrogen (secondary N) is 2. The number of carbonyl (C=O) groups excluding carboxylic acids is 1. The second-order valence-corrected chi connectivity index (χ2v) is 10.1. The molecule has 10 nitrogen and oxygen atoms in total. The standard InChI is InChI=1S/C25H26F3IN6O4/c1-13-19(11-34-23(33-29)31-18(12-36)20-24(13,34)35(38)22(30-2)32-20)39-21(37)15-9-7-14(8-10-15)16-5-3-4-6-17(16)25(26,27)28/h3-10,13,18-20,36,38H,11-12H2,1-2H3,(H,30,32)(H,31,33)/t13?,18-,19-,20?,24?/m0/s1. The Morgan fingerprint density at radius 1 is 1.18 bits per heavy atom. The first-order valence-corrected chi connectivity index (χ1v) is 13.1. The Morgan fingerprint density at radius 3 is 2.49 bits per heavy atom. The van der Waals surface area contributed by atoms with Crippen LogP contribution in [0, 0.1) is 5.92 Å². The molecule has 39 heavy (non-hydrogen) atoms. The Kier molecular flexibility index (Phi) is 7.13. The first-order valence-electron chi connectivity index (χ1n) is 12.1. The van der Waals surface area contributed by atoms with Gasteiger partial charge in [-0.15, -0.1) is 0 Å². The van der Waals surface area contributed by atoms with E-state index in [0.29, 0.717) is 11.5 Å². The topological polar surface area (TPSA) is 122 Å². The second-order valence-electron chi connectivity index (χ2n) is 9.57. The maximum atomic E-state index is 13.5. The highest BCUT2D eigenvalue weighted by Gasteiger charge is 2.70. The summed E-state index contributed by atoms with van der Waals surface area (Å²) in [6, 6.07) is 9.96. The van der Waals surface area contributed by atoms with E-state index in [4.69, 9.17) is 4.74 Å². The minimum absolute atomic E-state index is 0.0121. The molecule has 3 aliphatic rings. The van der Waals surface area contributed by atoms with Crippen LogP contribution in [0.15, 0.2) is 56.7 Å². The quantitative estimate of drug-likeness (QED) is 0.293. The van der Waals surface area contributed by atoms with Crippen LogP contribution in [0.25, 0.3) is 11.1 Å². The molecule has 3 unspecified atom stereocenters. The molecule has 0 saturated carbocycles. The van der Waals surface area contributed by atoms with Gasteiger partial charge in [-0.05, 0) is 29.3 Å². The van der Waals surface area contributed by atoms with Gasteiger partial charge < -0.3 is 25.4 Å². The first-order chi connectivity index (χ1) is 18.6. The molecular formula is C25H26F3IN6O4. The van der Waals surface area contributed by atoms with Crippen molar-refractivity contribution in [1.29, 1.82) is 0 Å². The average molecular weight is 658 g/mol. The maximum Gasteiger partial charge on any atom is 0.417 e. The van der Waals surface area contributed by atoms with Gasteiger partial charge in [0.2, 0.25) is 11.9 Å². The third-order valence-electron chi connectivity index (χ3n) is 7.69. The van der Waals surface area contributed by atoms with E-state index >= 15 is 0 Å². The van der Waals surface area contributed by atoms with Gasteiger partial charge in [-0.25, -0.2) is 4.79 Å². The molecule has 3 saturated heterocycles. The van der Waals surface area contributed by atoms with E-state index in [9.17, 15) is 28.3 Å². The van der Waals surface area contributed by atoms with Crippen molar-refractivity contribution < 1.29 is 33.0 Å². The summed E-state index contributed by atoms with van der Waals surface area (Å²) in [5, 5.41) is 28.6. The number of hydrogen-bond acceptors (Lipinski definition) is 6. The largest absolute Gasteiger partial charge is 0.456 e. The van der Waals surface area contributed by atoms with Crippen molar-refractivity contribution >= 4 is 40.8 Å². The van der Waals surface area contributed by atoms with Crippen molar-refractivity contribution in [3.63, 3.8) is 0 Å². The van der Waals surface area contributed by atoms with Crippen molar-refractivity contribution in [2.45, 2.75) is 37.0 Å². The number of hydroxylamine groups is 2. The summed E-state index contributed by atoms with van der Waals surface area (Å²) >= 11 is 1.82. The number of ether oxygens (including phenoxy) is 1. The highest BCUT2D eigenvalue weighted by atomic mass is 127. The number of nitrogens with zero attached hydrogens (tertiary/aromatic N) is 4. The van der Waals surface area contributed by atoms with Crippen molar-refractivity contribution in [1.82, 2.24) is 20.6 Å². The molecule has 2 aromatic carbocycles. The van der Waals surface area contributed by atoms with Crippen LogP contribution in [0.5, 0.6) is 0 Å². The van der Waals surface area contributed by atoms with Crippen LogP contribution < -0.4 is 10.6 Å². The lowest BCUT2D eigenvalue weighted by atomic mass is 9.82. The van der Waals surface area contributed by atoms with Crippen molar-refractivity contribution in [2.24, 2.45) is 14.1 Å². The monoisotopic (exact) mass is 658 g/mol. The second kappa shape index (κ2) is 10.1. The number of rotatable bonds is 4. The first kappa shape index (κ1) is 27.5. The van der Waals surface area contributed by atoms with Crippen LogP contribution >= 0.6 is 22.9 Å². The van der Waals surface area contributed by atoms with Gasteiger partial charge in [0, 0.05) is 13.0 Å². The molecule has 14 heteroatoms. The molecule has 4 N–H and O–H groups in total. The molecule has 3 heterocycles. The van der Waals surface area contributed by atoms with Gasteiger partial charge in [0.15, 0.2) is 5.66 Å². The number of aliphatic hydroxyl groups excluding tert-OH is 1. The smallest absolute Gasteiger partial charge is 0.417 e. The highest BCUT2D eigenvalue weighted by Crippen LogP contribution is 2.47. The lowest BCUT2D eigenvalue weighted by Gasteiger charge is -2.51. The number of halogens is 4. The average Bonchev–Trinajstić information content (AvgIpc) is 3.40. The molecule has 0 amide bonds.